The van der Waals surface area contributed by atoms with Crippen LogP contribution in [0.1, 0.15) is 37.3 Å². The molecule has 2 heterocycles. The number of rotatable bonds is 7. The molecule has 1 aliphatic rings. The van der Waals surface area contributed by atoms with E-state index in [0.29, 0.717) is 30.6 Å². The number of H-pyrrole nitrogens is 1. The molecule has 7 heteroatoms. The zero-order valence-electron chi connectivity index (χ0n) is 19.3. The van der Waals surface area contributed by atoms with Crippen molar-refractivity contribution in [2.75, 3.05) is 26.2 Å². The average molecular weight is 450 g/mol. The number of piperidine rings is 1. The maximum Gasteiger partial charge on any atom is 0.328 e. The molecule has 1 aromatic heterocycles. The van der Waals surface area contributed by atoms with E-state index < -0.39 is 5.69 Å². The lowest BCUT2D eigenvalue weighted by atomic mass is 9.80. The van der Waals surface area contributed by atoms with Crippen molar-refractivity contribution < 1.29 is 9.53 Å². The summed E-state index contributed by atoms with van der Waals surface area (Å²) in [5.41, 5.74) is 2.27. The molecular formula is C26H31N3O4. The van der Waals surface area contributed by atoms with Crippen molar-refractivity contribution in [2.45, 2.75) is 39.2 Å². The predicted molar refractivity (Wildman–Crippen MR) is 129 cm³/mol. The van der Waals surface area contributed by atoms with Gasteiger partial charge in [0.05, 0.1) is 23.4 Å². The molecule has 1 aliphatic heterocycles. The number of aryl methyl sites for hydroxylation is 1. The molecule has 0 saturated carbocycles. The number of carbonyl (C=O) groups is 1. The molecule has 2 atom stereocenters. The highest BCUT2D eigenvalue weighted by Gasteiger charge is 2.36. The monoisotopic (exact) mass is 449 g/mol. The molecule has 2 aromatic carbocycles. The molecule has 0 radical (unpaired) electrons. The summed E-state index contributed by atoms with van der Waals surface area (Å²) in [5.74, 6) is -0.372. The van der Waals surface area contributed by atoms with Gasteiger partial charge in [0.25, 0.3) is 5.56 Å². The highest BCUT2D eigenvalue weighted by molar-refractivity contribution is 5.77. The van der Waals surface area contributed by atoms with Gasteiger partial charge in [-0.3, -0.25) is 14.2 Å². The number of benzene rings is 2. The number of fused-ring (bicyclic) bond motifs is 1. The number of para-hydroxylation sites is 1. The van der Waals surface area contributed by atoms with Gasteiger partial charge in [-0.1, -0.05) is 43.3 Å². The van der Waals surface area contributed by atoms with Crippen LogP contribution in [0.5, 0.6) is 0 Å². The summed E-state index contributed by atoms with van der Waals surface area (Å²) in [4.78, 5) is 43.1. The summed E-state index contributed by atoms with van der Waals surface area (Å²) in [5, 5.41) is 0.496. The number of aromatic amines is 1. The van der Waals surface area contributed by atoms with Crippen molar-refractivity contribution in [3.8, 4) is 0 Å². The lowest BCUT2D eigenvalue weighted by Gasteiger charge is -2.37. The third-order valence-corrected chi connectivity index (χ3v) is 6.63. The summed E-state index contributed by atoms with van der Waals surface area (Å²) in [6.45, 7) is 6.40. The Morgan fingerprint density at radius 3 is 2.55 bits per heavy atom. The van der Waals surface area contributed by atoms with Crippen LogP contribution in [0.4, 0.5) is 0 Å². The van der Waals surface area contributed by atoms with Crippen molar-refractivity contribution in [1.29, 1.82) is 0 Å². The third kappa shape index (κ3) is 4.93. The van der Waals surface area contributed by atoms with Crippen LogP contribution in [0.3, 0.4) is 0 Å². The van der Waals surface area contributed by atoms with E-state index in [1.54, 1.807) is 24.3 Å². The van der Waals surface area contributed by atoms with Gasteiger partial charge in [0.2, 0.25) is 0 Å². The molecule has 3 aromatic rings. The van der Waals surface area contributed by atoms with Crippen molar-refractivity contribution in [1.82, 2.24) is 14.5 Å². The van der Waals surface area contributed by atoms with Gasteiger partial charge in [-0.2, -0.15) is 0 Å². The fourth-order valence-electron chi connectivity index (χ4n) is 4.75. The number of hydrogen-bond donors (Lipinski definition) is 1. The molecule has 0 spiro atoms. The summed E-state index contributed by atoms with van der Waals surface area (Å²) >= 11 is 0. The Morgan fingerprint density at radius 1 is 1.06 bits per heavy atom. The summed E-state index contributed by atoms with van der Waals surface area (Å²) in [6.07, 6.45) is 1.80. The second-order valence-electron chi connectivity index (χ2n) is 8.58. The van der Waals surface area contributed by atoms with Crippen LogP contribution in [0.2, 0.25) is 0 Å². The Balaban J connectivity index is 1.51. The minimum Gasteiger partial charge on any atom is -0.466 e. The van der Waals surface area contributed by atoms with Gasteiger partial charge in [0, 0.05) is 19.6 Å². The van der Waals surface area contributed by atoms with Gasteiger partial charge in [-0.05, 0) is 55.5 Å². The van der Waals surface area contributed by atoms with Gasteiger partial charge >= 0.3 is 11.7 Å². The molecule has 1 saturated heterocycles. The van der Waals surface area contributed by atoms with E-state index in [9.17, 15) is 14.4 Å². The molecule has 174 valence electrons. The van der Waals surface area contributed by atoms with Gasteiger partial charge in [-0.15, -0.1) is 0 Å². The van der Waals surface area contributed by atoms with E-state index in [1.165, 1.54) is 10.1 Å². The number of likely N-dealkylation sites (tertiary alicyclic amines) is 1. The Hall–Kier alpha value is -3.19. The molecule has 1 fully saturated rings. The largest absolute Gasteiger partial charge is 0.466 e. The fourth-order valence-corrected chi connectivity index (χ4v) is 4.75. The first-order chi connectivity index (χ1) is 16.0. The van der Waals surface area contributed by atoms with Gasteiger partial charge in [0.1, 0.15) is 0 Å². The molecule has 33 heavy (non-hydrogen) atoms. The van der Waals surface area contributed by atoms with Crippen LogP contribution in [-0.2, 0) is 22.5 Å². The molecule has 0 unspecified atom stereocenters. The summed E-state index contributed by atoms with van der Waals surface area (Å²) in [7, 11) is 0. The Labute approximate surface area is 193 Å². The maximum atomic E-state index is 12.8. The summed E-state index contributed by atoms with van der Waals surface area (Å²) < 4.78 is 6.65. The SMILES string of the molecule is CCOC(=O)[C@H]1CN(CCn2c(=O)[nH]c3ccccc3c2=O)CC[C@H]1c1ccc(CC)cc1. The topological polar surface area (TPSA) is 84.4 Å². The zero-order valence-corrected chi connectivity index (χ0v) is 19.3. The van der Waals surface area contributed by atoms with E-state index in [-0.39, 0.29) is 29.9 Å². The van der Waals surface area contributed by atoms with E-state index in [4.69, 9.17) is 4.74 Å². The lowest BCUT2D eigenvalue weighted by molar-refractivity contribution is -0.150. The summed E-state index contributed by atoms with van der Waals surface area (Å²) in [6, 6.07) is 15.5. The number of hydrogen-bond acceptors (Lipinski definition) is 5. The quantitative estimate of drug-likeness (QED) is 0.561. The van der Waals surface area contributed by atoms with Crippen LogP contribution in [-0.4, -0.2) is 46.7 Å². The first-order valence-electron chi connectivity index (χ1n) is 11.7. The number of carbonyl (C=O) groups excluding carboxylic acids is 1. The van der Waals surface area contributed by atoms with E-state index >= 15 is 0 Å². The number of nitrogens with one attached hydrogen (secondary N) is 1. The van der Waals surface area contributed by atoms with Crippen LogP contribution in [0.15, 0.2) is 58.1 Å². The van der Waals surface area contributed by atoms with Crippen LogP contribution < -0.4 is 11.2 Å². The van der Waals surface area contributed by atoms with Crippen molar-refractivity contribution >= 4 is 16.9 Å². The first-order valence-corrected chi connectivity index (χ1v) is 11.7. The number of ether oxygens (including phenoxy) is 1. The number of aromatic nitrogens is 2. The van der Waals surface area contributed by atoms with Crippen LogP contribution >= 0.6 is 0 Å². The predicted octanol–water partition coefficient (Wildman–Crippen LogP) is 2.92. The zero-order chi connectivity index (χ0) is 23.4. The Morgan fingerprint density at radius 2 is 1.82 bits per heavy atom. The average Bonchev–Trinajstić information content (AvgIpc) is 2.84. The molecule has 0 amide bonds. The molecule has 4 rings (SSSR count). The highest BCUT2D eigenvalue weighted by Crippen LogP contribution is 2.34. The highest BCUT2D eigenvalue weighted by atomic mass is 16.5. The molecule has 7 nitrogen and oxygen atoms in total. The third-order valence-electron chi connectivity index (χ3n) is 6.63. The first kappa shape index (κ1) is 23.0. The second-order valence-corrected chi connectivity index (χ2v) is 8.58. The van der Waals surface area contributed by atoms with Crippen molar-refractivity contribution in [3.63, 3.8) is 0 Å². The van der Waals surface area contributed by atoms with Gasteiger partial charge < -0.3 is 14.6 Å². The normalized spacial score (nSPS) is 19.0. The van der Waals surface area contributed by atoms with E-state index in [2.05, 4.69) is 41.1 Å². The molecule has 0 aliphatic carbocycles. The maximum absolute atomic E-state index is 12.8. The van der Waals surface area contributed by atoms with Crippen molar-refractivity contribution in [2.24, 2.45) is 5.92 Å². The molecule has 0 bridgehead atoms. The van der Waals surface area contributed by atoms with Crippen LogP contribution in [0.25, 0.3) is 10.9 Å². The molecule has 1 N–H and O–H groups in total. The fraction of sp³-hybridized carbons (Fsp3) is 0.423. The minimum absolute atomic E-state index is 0.0954. The number of nitrogens with zero attached hydrogens (tertiary/aromatic N) is 2. The van der Waals surface area contributed by atoms with Gasteiger partial charge in [0.15, 0.2) is 0 Å². The lowest BCUT2D eigenvalue weighted by Crippen LogP contribution is -2.46. The number of esters is 1. The standard InChI is InChI=1S/C26H31N3O4/c1-3-18-9-11-19(12-10-18)20-13-14-28(17-22(20)25(31)33-4-2)15-16-29-24(30)21-7-5-6-8-23(21)27-26(29)32/h5-12,20,22H,3-4,13-17H2,1-2H3,(H,27,32)/t20-,22-/m0/s1. The van der Waals surface area contributed by atoms with Crippen LogP contribution in [0, 0.1) is 5.92 Å². The van der Waals surface area contributed by atoms with E-state index in [0.717, 1.165) is 24.9 Å². The second kappa shape index (κ2) is 10.2. The molecular weight excluding hydrogens is 418 g/mol. The Bertz CT molecular complexity index is 1230. The smallest absolute Gasteiger partial charge is 0.328 e. The van der Waals surface area contributed by atoms with Crippen molar-refractivity contribution in [3.05, 3.63) is 80.5 Å². The Kier molecular flexibility index (Phi) is 7.08. The van der Waals surface area contributed by atoms with Gasteiger partial charge in [-0.25, -0.2) is 4.79 Å². The van der Waals surface area contributed by atoms with E-state index in [1.807, 2.05) is 6.92 Å². The minimum atomic E-state index is -0.411.